The molecule has 2 rings (SSSR count). The first-order valence-electron chi connectivity index (χ1n) is 7.14. The quantitative estimate of drug-likeness (QED) is 0.845. The van der Waals surface area contributed by atoms with E-state index < -0.39 is 0 Å². The molecule has 1 atom stereocenters. The van der Waals surface area contributed by atoms with Crippen molar-refractivity contribution in [3.63, 3.8) is 0 Å². The number of nitrogens with one attached hydrogen (secondary N) is 1. The van der Waals surface area contributed by atoms with E-state index in [4.69, 9.17) is 4.74 Å². The molecule has 1 fully saturated rings. The van der Waals surface area contributed by atoms with E-state index in [0.717, 1.165) is 44.2 Å². The normalized spacial score (nSPS) is 19.4. The molecule has 0 spiro atoms. The Kier molecular flexibility index (Phi) is 5.54. The third-order valence-corrected chi connectivity index (χ3v) is 3.36. The molecule has 0 amide bonds. The fraction of sp³-hybridized carbons (Fsp3) is 0.714. The Hall–Kier alpha value is -1.20. The molecule has 0 bridgehead atoms. The van der Waals surface area contributed by atoms with Crippen molar-refractivity contribution in [2.45, 2.75) is 38.8 Å². The van der Waals surface area contributed by atoms with Crippen LogP contribution >= 0.6 is 0 Å². The minimum atomic E-state index is 0.323. The molecule has 1 aromatic heterocycles. The molecule has 1 N–H and O–H groups in total. The number of likely N-dealkylation sites (N-methyl/N-ethyl adjacent to an activating group) is 1. The maximum Gasteiger partial charge on any atom is 0.225 e. The average Bonchev–Trinajstić information content (AvgIpc) is 2.46. The van der Waals surface area contributed by atoms with Gasteiger partial charge in [-0.1, -0.05) is 6.92 Å². The summed E-state index contributed by atoms with van der Waals surface area (Å²) in [6.07, 6.45) is 7.70. The molecule has 1 aliphatic rings. The Morgan fingerprint density at radius 2 is 2.16 bits per heavy atom. The standard InChI is InChI=1S/C14H24N4O/c1-3-15-8-12-9-16-14(17-10-12)18(2)11-13-6-4-5-7-19-13/h9-10,13,15H,3-8,11H2,1-2H3. The van der Waals surface area contributed by atoms with Gasteiger partial charge >= 0.3 is 0 Å². The van der Waals surface area contributed by atoms with Gasteiger partial charge in [-0.05, 0) is 25.8 Å². The predicted octanol–water partition coefficient (Wildman–Crippen LogP) is 1.59. The molecule has 1 saturated heterocycles. The van der Waals surface area contributed by atoms with E-state index in [1.54, 1.807) is 0 Å². The molecule has 0 aliphatic carbocycles. The van der Waals surface area contributed by atoms with Crippen LogP contribution < -0.4 is 10.2 Å². The van der Waals surface area contributed by atoms with Crippen LogP contribution in [0.1, 0.15) is 31.7 Å². The second-order valence-electron chi connectivity index (χ2n) is 5.04. The van der Waals surface area contributed by atoms with Crippen molar-refractivity contribution in [3.05, 3.63) is 18.0 Å². The van der Waals surface area contributed by atoms with Crippen LogP contribution in [0.4, 0.5) is 5.95 Å². The van der Waals surface area contributed by atoms with E-state index in [1.165, 1.54) is 12.8 Å². The van der Waals surface area contributed by atoms with Crippen molar-refractivity contribution < 1.29 is 4.74 Å². The third-order valence-electron chi connectivity index (χ3n) is 3.36. The molecule has 5 nitrogen and oxygen atoms in total. The van der Waals surface area contributed by atoms with Gasteiger partial charge in [-0.2, -0.15) is 0 Å². The first-order valence-corrected chi connectivity index (χ1v) is 7.14. The maximum atomic E-state index is 5.74. The molecule has 0 saturated carbocycles. The fourth-order valence-electron chi connectivity index (χ4n) is 2.24. The van der Waals surface area contributed by atoms with E-state index in [0.29, 0.717) is 6.10 Å². The van der Waals surface area contributed by atoms with Crippen molar-refractivity contribution in [1.82, 2.24) is 15.3 Å². The molecule has 0 aromatic carbocycles. The summed E-state index contributed by atoms with van der Waals surface area (Å²) in [5.74, 6) is 0.773. The zero-order valence-corrected chi connectivity index (χ0v) is 11.9. The molecule has 19 heavy (non-hydrogen) atoms. The van der Waals surface area contributed by atoms with Gasteiger partial charge in [0, 0.05) is 44.7 Å². The van der Waals surface area contributed by atoms with Crippen molar-refractivity contribution >= 4 is 5.95 Å². The number of hydrogen-bond acceptors (Lipinski definition) is 5. The summed E-state index contributed by atoms with van der Waals surface area (Å²) in [7, 11) is 2.03. The summed E-state index contributed by atoms with van der Waals surface area (Å²) < 4.78 is 5.74. The Labute approximate surface area is 115 Å². The average molecular weight is 264 g/mol. The van der Waals surface area contributed by atoms with Crippen LogP contribution in [-0.2, 0) is 11.3 Å². The topological polar surface area (TPSA) is 50.3 Å². The predicted molar refractivity (Wildman–Crippen MR) is 76.3 cm³/mol. The molecule has 5 heteroatoms. The number of anilines is 1. The molecule has 1 aromatic rings. The van der Waals surface area contributed by atoms with Crippen LogP contribution in [-0.4, -0.2) is 42.8 Å². The first-order chi connectivity index (χ1) is 9.29. The monoisotopic (exact) mass is 264 g/mol. The van der Waals surface area contributed by atoms with E-state index in [2.05, 4.69) is 27.1 Å². The van der Waals surface area contributed by atoms with E-state index in [1.807, 2.05) is 19.4 Å². The second-order valence-corrected chi connectivity index (χ2v) is 5.04. The van der Waals surface area contributed by atoms with Crippen molar-refractivity contribution in [2.24, 2.45) is 0 Å². The highest BCUT2D eigenvalue weighted by molar-refractivity contribution is 5.28. The number of hydrogen-bond donors (Lipinski definition) is 1. The summed E-state index contributed by atoms with van der Waals surface area (Å²) in [4.78, 5) is 10.9. The number of nitrogens with zero attached hydrogens (tertiary/aromatic N) is 3. The molecule has 106 valence electrons. The van der Waals surface area contributed by atoms with Crippen LogP contribution in [0.25, 0.3) is 0 Å². The molecule has 2 heterocycles. The lowest BCUT2D eigenvalue weighted by atomic mass is 10.1. The van der Waals surface area contributed by atoms with Gasteiger partial charge in [-0.15, -0.1) is 0 Å². The highest BCUT2D eigenvalue weighted by Gasteiger charge is 2.17. The van der Waals surface area contributed by atoms with Crippen LogP contribution in [0.5, 0.6) is 0 Å². The van der Waals surface area contributed by atoms with Gasteiger partial charge in [0.1, 0.15) is 0 Å². The molecular weight excluding hydrogens is 240 g/mol. The minimum absolute atomic E-state index is 0.323. The first kappa shape index (κ1) is 14.2. The van der Waals surface area contributed by atoms with Gasteiger partial charge in [0.15, 0.2) is 0 Å². The van der Waals surface area contributed by atoms with E-state index in [9.17, 15) is 0 Å². The SMILES string of the molecule is CCNCc1cnc(N(C)CC2CCCCO2)nc1. The lowest BCUT2D eigenvalue weighted by Gasteiger charge is -2.27. The van der Waals surface area contributed by atoms with Crippen molar-refractivity contribution in [3.8, 4) is 0 Å². The maximum absolute atomic E-state index is 5.74. The van der Waals surface area contributed by atoms with Crippen molar-refractivity contribution in [2.75, 3.05) is 31.6 Å². The Bertz CT molecular complexity index is 362. The van der Waals surface area contributed by atoms with Gasteiger partial charge in [0.2, 0.25) is 5.95 Å². The smallest absolute Gasteiger partial charge is 0.225 e. The zero-order chi connectivity index (χ0) is 13.5. The Morgan fingerprint density at radius 3 is 2.79 bits per heavy atom. The molecule has 1 unspecified atom stereocenters. The Morgan fingerprint density at radius 1 is 1.37 bits per heavy atom. The van der Waals surface area contributed by atoms with Gasteiger partial charge in [0.25, 0.3) is 0 Å². The summed E-state index contributed by atoms with van der Waals surface area (Å²) in [6.45, 7) is 5.63. The van der Waals surface area contributed by atoms with E-state index >= 15 is 0 Å². The second kappa shape index (κ2) is 7.40. The number of aromatic nitrogens is 2. The highest BCUT2D eigenvalue weighted by Crippen LogP contribution is 2.15. The zero-order valence-electron chi connectivity index (χ0n) is 11.9. The summed E-state index contributed by atoms with van der Waals surface area (Å²) in [5.41, 5.74) is 1.12. The minimum Gasteiger partial charge on any atom is -0.376 e. The summed E-state index contributed by atoms with van der Waals surface area (Å²) >= 11 is 0. The molecular formula is C14H24N4O. The van der Waals surface area contributed by atoms with Gasteiger partial charge in [-0.25, -0.2) is 9.97 Å². The summed E-state index contributed by atoms with van der Waals surface area (Å²) in [6, 6.07) is 0. The summed E-state index contributed by atoms with van der Waals surface area (Å²) in [5, 5.41) is 3.27. The fourth-order valence-corrected chi connectivity index (χ4v) is 2.24. The van der Waals surface area contributed by atoms with Crippen molar-refractivity contribution in [1.29, 1.82) is 0 Å². The van der Waals surface area contributed by atoms with Crippen LogP contribution in [0.3, 0.4) is 0 Å². The van der Waals surface area contributed by atoms with Crippen LogP contribution in [0.15, 0.2) is 12.4 Å². The van der Waals surface area contributed by atoms with Crippen LogP contribution in [0, 0.1) is 0 Å². The highest BCUT2D eigenvalue weighted by atomic mass is 16.5. The number of rotatable bonds is 6. The largest absolute Gasteiger partial charge is 0.376 e. The van der Waals surface area contributed by atoms with Gasteiger partial charge in [-0.3, -0.25) is 0 Å². The van der Waals surface area contributed by atoms with E-state index in [-0.39, 0.29) is 0 Å². The lowest BCUT2D eigenvalue weighted by Crippen LogP contribution is -2.34. The van der Waals surface area contributed by atoms with Gasteiger partial charge < -0.3 is 15.0 Å². The van der Waals surface area contributed by atoms with Gasteiger partial charge in [0.05, 0.1) is 6.10 Å². The molecule has 0 radical (unpaired) electrons. The Balaban J connectivity index is 1.85. The number of ether oxygens (including phenoxy) is 1. The molecule has 1 aliphatic heterocycles. The van der Waals surface area contributed by atoms with Crippen LogP contribution in [0.2, 0.25) is 0 Å². The lowest BCUT2D eigenvalue weighted by molar-refractivity contribution is 0.0214. The third kappa shape index (κ3) is 4.44.